The van der Waals surface area contributed by atoms with Crippen molar-refractivity contribution in [3.05, 3.63) is 66.1 Å². The van der Waals surface area contributed by atoms with Crippen LogP contribution >= 0.6 is 0 Å². The zero-order valence-corrected chi connectivity index (χ0v) is 14.6. The van der Waals surface area contributed by atoms with Gasteiger partial charge >= 0.3 is 0 Å². The van der Waals surface area contributed by atoms with Gasteiger partial charge in [0.25, 0.3) is 0 Å². The van der Waals surface area contributed by atoms with Crippen molar-refractivity contribution in [2.24, 2.45) is 5.73 Å². The number of carbonyl (C=O) groups is 1. The predicted molar refractivity (Wildman–Crippen MR) is 103 cm³/mol. The van der Waals surface area contributed by atoms with Crippen LogP contribution in [0.3, 0.4) is 0 Å². The molecule has 6 nitrogen and oxygen atoms in total. The molecule has 1 aliphatic heterocycles. The molecule has 132 valence electrons. The van der Waals surface area contributed by atoms with E-state index in [1.807, 2.05) is 36.4 Å². The quantitative estimate of drug-likeness (QED) is 0.611. The maximum atomic E-state index is 11.7. The molecule has 0 saturated carbocycles. The predicted octanol–water partition coefficient (Wildman–Crippen LogP) is 3.21. The summed E-state index contributed by atoms with van der Waals surface area (Å²) in [5.74, 6) is -0.447. The first-order chi connectivity index (χ1) is 13.2. The number of carbonyl (C=O) groups excluding carboxylic acids is 1. The molecule has 0 saturated heterocycles. The summed E-state index contributed by atoms with van der Waals surface area (Å²) in [5.41, 5.74) is 11.8. The molecule has 0 unspecified atom stereocenters. The van der Waals surface area contributed by atoms with Crippen molar-refractivity contribution in [1.29, 1.82) is 0 Å². The molecule has 1 amide bonds. The Balaban J connectivity index is 1.83. The Morgan fingerprint density at radius 1 is 1.07 bits per heavy atom. The van der Waals surface area contributed by atoms with Crippen molar-refractivity contribution in [2.45, 2.75) is 19.4 Å². The fourth-order valence-corrected chi connectivity index (χ4v) is 3.81. The van der Waals surface area contributed by atoms with E-state index in [0.29, 0.717) is 5.56 Å². The summed E-state index contributed by atoms with van der Waals surface area (Å²) in [7, 11) is 0. The van der Waals surface area contributed by atoms with Gasteiger partial charge in [-0.15, -0.1) is 0 Å². The number of rotatable bonds is 3. The van der Waals surface area contributed by atoms with Crippen LogP contribution in [0.15, 0.2) is 54.9 Å². The topological polar surface area (TPSA) is 86.7 Å². The van der Waals surface area contributed by atoms with Crippen LogP contribution in [0.4, 0.5) is 0 Å². The molecule has 4 heterocycles. The normalized spacial score (nSPS) is 13.0. The van der Waals surface area contributed by atoms with Gasteiger partial charge in [-0.05, 0) is 54.8 Å². The van der Waals surface area contributed by atoms with E-state index in [2.05, 4.69) is 14.6 Å². The third kappa shape index (κ3) is 2.49. The molecule has 6 heteroatoms. The van der Waals surface area contributed by atoms with Crippen LogP contribution in [0.5, 0.6) is 0 Å². The minimum atomic E-state index is -0.447. The lowest BCUT2D eigenvalue weighted by Gasteiger charge is -2.09. The van der Waals surface area contributed by atoms with Crippen molar-refractivity contribution >= 4 is 16.8 Å². The highest BCUT2D eigenvalue weighted by Crippen LogP contribution is 2.39. The lowest BCUT2D eigenvalue weighted by molar-refractivity contribution is 0.100. The number of fused-ring (bicyclic) bond motifs is 2. The van der Waals surface area contributed by atoms with Gasteiger partial charge in [-0.3, -0.25) is 19.4 Å². The Hall–Kier alpha value is -3.54. The molecule has 0 fully saturated rings. The maximum absolute atomic E-state index is 11.7. The number of benzene rings is 1. The summed E-state index contributed by atoms with van der Waals surface area (Å²) in [5, 5.41) is 5.74. The smallest absolute Gasteiger partial charge is 0.248 e. The van der Waals surface area contributed by atoms with Gasteiger partial charge in [0.2, 0.25) is 5.91 Å². The highest BCUT2D eigenvalue weighted by Gasteiger charge is 2.25. The number of hydrogen-bond donors (Lipinski definition) is 1. The number of nitrogens with zero attached hydrogens (tertiary/aromatic N) is 4. The van der Waals surface area contributed by atoms with Gasteiger partial charge in [0.05, 0.1) is 11.2 Å². The molecule has 5 rings (SSSR count). The number of hydrogen-bond acceptors (Lipinski definition) is 4. The van der Waals surface area contributed by atoms with Gasteiger partial charge < -0.3 is 5.73 Å². The SMILES string of the molecule is NC(=O)c1ccc2nccc(-c3c(-c4ccccn4)nn4c3CCC4)c2c1. The van der Waals surface area contributed by atoms with Crippen molar-refractivity contribution in [3.8, 4) is 22.5 Å². The Morgan fingerprint density at radius 2 is 2.00 bits per heavy atom. The van der Waals surface area contributed by atoms with Gasteiger partial charge in [-0.25, -0.2) is 0 Å². The fraction of sp³-hybridized carbons (Fsp3) is 0.143. The maximum Gasteiger partial charge on any atom is 0.248 e. The second kappa shape index (κ2) is 6.02. The summed E-state index contributed by atoms with van der Waals surface area (Å²) in [6, 6.07) is 13.2. The van der Waals surface area contributed by atoms with E-state index in [1.165, 1.54) is 5.69 Å². The lowest BCUT2D eigenvalue weighted by Crippen LogP contribution is -2.10. The Bertz CT molecular complexity index is 1180. The minimum Gasteiger partial charge on any atom is -0.366 e. The van der Waals surface area contributed by atoms with Crippen LogP contribution < -0.4 is 5.73 Å². The third-order valence-electron chi connectivity index (χ3n) is 5.04. The Kier molecular flexibility index (Phi) is 3.50. The molecule has 0 spiro atoms. The van der Waals surface area contributed by atoms with Crippen molar-refractivity contribution in [2.75, 3.05) is 0 Å². The second-order valence-electron chi connectivity index (χ2n) is 6.67. The molecule has 0 aliphatic carbocycles. The highest BCUT2D eigenvalue weighted by molar-refractivity contribution is 6.03. The zero-order valence-electron chi connectivity index (χ0n) is 14.6. The van der Waals surface area contributed by atoms with Crippen LogP contribution in [0.2, 0.25) is 0 Å². The average Bonchev–Trinajstić information content (AvgIpc) is 3.29. The Labute approximate surface area is 155 Å². The van der Waals surface area contributed by atoms with E-state index in [9.17, 15) is 4.79 Å². The number of aryl methyl sites for hydroxylation is 1. The van der Waals surface area contributed by atoms with Crippen LogP contribution in [-0.2, 0) is 13.0 Å². The molecule has 1 aromatic carbocycles. The van der Waals surface area contributed by atoms with Crippen molar-refractivity contribution in [1.82, 2.24) is 19.7 Å². The monoisotopic (exact) mass is 355 g/mol. The van der Waals surface area contributed by atoms with Crippen LogP contribution in [0.25, 0.3) is 33.4 Å². The highest BCUT2D eigenvalue weighted by atomic mass is 16.1. The summed E-state index contributed by atoms with van der Waals surface area (Å²) in [4.78, 5) is 20.7. The minimum absolute atomic E-state index is 0.447. The average molecular weight is 355 g/mol. The van der Waals surface area contributed by atoms with E-state index in [1.54, 1.807) is 18.5 Å². The fourth-order valence-electron chi connectivity index (χ4n) is 3.81. The first-order valence-corrected chi connectivity index (χ1v) is 8.92. The van der Waals surface area contributed by atoms with E-state index in [-0.39, 0.29) is 0 Å². The first kappa shape index (κ1) is 15.7. The largest absolute Gasteiger partial charge is 0.366 e. The summed E-state index contributed by atoms with van der Waals surface area (Å²) in [6.07, 6.45) is 5.62. The molecule has 1 aliphatic rings. The first-order valence-electron chi connectivity index (χ1n) is 8.92. The number of nitrogens with two attached hydrogens (primary N) is 1. The number of pyridine rings is 2. The molecule has 0 radical (unpaired) electrons. The molecular weight excluding hydrogens is 338 g/mol. The molecule has 4 aromatic rings. The third-order valence-corrected chi connectivity index (χ3v) is 5.04. The van der Waals surface area contributed by atoms with Gasteiger partial charge in [-0.2, -0.15) is 5.10 Å². The molecular formula is C21H17N5O. The summed E-state index contributed by atoms with van der Waals surface area (Å²) in [6.45, 7) is 0.907. The standard InChI is InChI=1S/C21H17N5O/c22-21(27)13-6-7-16-15(12-13)14(8-10-24-16)19-18-5-3-11-26(18)25-20(19)17-4-1-2-9-23-17/h1-2,4,6-10,12H,3,5,11H2,(H2,22,27). The van der Waals surface area contributed by atoms with E-state index >= 15 is 0 Å². The summed E-state index contributed by atoms with van der Waals surface area (Å²) >= 11 is 0. The van der Waals surface area contributed by atoms with Crippen molar-refractivity contribution in [3.63, 3.8) is 0 Å². The van der Waals surface area contributed by atoms with Crippen LogP contribution in [0, 0.1) is 0 Å². The van der Waals surface area contributed by atoms with Crippen LogP contribution in [0.1, 0.15) is 22.5 Å². The lowest BCUT2D eigenvalue weighted by atomic mass is 9.95. The molecule has 2 N–H and O–H groups in total. The van der Waals surface area contributed by atoms with E-state index < -0.39 is 5.91 Å². The van der Waals surface area contributed by atoms with Gasteiger partial charge in [0.15, 0.2) is 0 Å². The molecule has 0 bridgehead atoms. The van der Waals surface area contributed by atoms with Gasteiger partial charge in [0, 0.05) is 41.1 Å². The Morgan fingerprint density at radius 3 is 2.81 bits per heavy atom. The zero-order chi connectivity index (χ0) is 18.4. The summed E-state index contributed by atoms with van der Waals surface area (Å²) < 4.78 is 2.07. The number of primary amides is 1. The van der Waals surface area contributed by atoms with Crippen LogP contribution in [-0.4, -0.2) is 25.7 Å². The van der Waals surface area contributed by atoms with Gasteiger partial charge in [0.1, 0.15) is 5.69 Å². The van der Waals surface area contributed by atoms with E-state index in [0.717, 1.165) is 52.8 Å². The van der Waals surface area contributed by atoms with E-state index in [4.69, 9.17) is 10.8 Å². The second-order valence-corrected chi connectivity index (χ2v) is 6.67. The van der Waals surface area contributed by atoms with Crippen molar-refractivity contribution < 1.29 is 4.79 Å². The number of aromatic nitrogens is 4. The molecule has 27 heavy (non-hydrogen) atoms. The molecule has 3 aromatic heterocycles. The molecule has 0 atom stereocenters. The number of amides is 1. The van der Waals surface area contributed by atoms with Gasteiger partial charge in [-0.1, -0.05) is 6.07 Å².